The Morgan fingerprint density at radius 1 is 1.06 bits per heavy atom. The molecule has 7 nitrogen and oxygen atoms in total. The minimum absolute atomic E-state index is 0.0787. The summed E-state index contributed by atoms with van der Waals surface area (Å²) in [6, 6.07) is 12.5. The number of halogens is 1. The van der Waals surface area contributed by atoms with E-state index in [1.165, 1.54) is 24.3 Å². The fourth-order valence-corrected chi connectivity index (χ4v) is 4.86. The fraction of sp³-hybridized carbons (Fsp3) is 0.435. The maximum atomic E-state index is 12.7. The van der Waals surface area contributed by atoms with Crippen LogP contribution in [0.15, 0.2) is 53.4 Å². The van der Waals surface area contributed by atoms with Crippen molar-refractivity contribution in [1.29, 1.82) is 0 Å². The van der Waals surface area contributed by atoms with Gasteiger partial charge in [-0.2, -0.15) is 0 Å². The molecule has 0 aromatic heterocycles. The van der Waals surface area contributed by atoms with Crippen LogP contribution in [0, 0.1) is 5.92 Å². The lowest BCUT2D eigenvalue weighted by Crippen LogP contribution is -2.49. The van der Waals surface area contributed by atoms with Crippen molar-refractivity contribution >= 4 is 33.2 Å². The van der Waals surface area contributed by atoms with Crippen molar-refractivity contribution in [2.75, 3.05) is 37.6 Å². The Hall–Kier alpha value is -2.13. The van der Waals surface area contributed by atoms with Crippen LogP contribution in [0.5, 0.6) is 0 Å². The molecule has 0 unspecified atom stereocenters. The topological polar surface area (TPSA) is 87.7 Å². The van der Waals surface area contributed by atoms with E-state index in [0.717, 1.165) is 19.5 Å². The molecule has 0 aliphatic carbocycles. The number of sulfonamides is 1. The van der Waals surface area contributed by atoms with E-state index in [-0.39, 0.29) is 16.8 Å². The Kier molecular flexibility index (Phi) is 8.53. The lowest BCUT2D eigenvalue weighted by molar-refractivity contribution is 0.0124. The summed E-state index contributed by atoms with van der Waals surface area (Å²) in [6.45, 7) is 8.03. The smallest absolute Gasteiger partial charge is 0.261 e. The number of nitrogens with zero attached hydrogens (tertiary/aromatic N) is 1. The molecule has 2 aromatic rings. The van der Waals surface area contributed by atoms with Gasteiger partial charge in [-0.05, 0) is 60.9 Å². The monoisotopic (exact) mass is 479 g/mol. The number of benzene rings is 2. The predicted octanol–water partition coefficient (Wildman–Crippen LogP) is 3.62. The molecule has 1 saturated heterocycles. The minimum atomic E-state index is -3.77. The number of nitrogens with one attached hydrogen (secondary N) is 2. The molecule has 1 atom stereocenters. The molecule has 174 valence electrons. The van der Waals surface area contributed by atoms with Crippen LogP contribution in [0.25, 0.3) is 0 Å². The first kappa shape index (κ1) is 24.5. The number of anilines is 1. The van der Waals surface area contributed by atoms with Crippen molar-refractivity contribution in [1.82, 2.24) is 10.2 Å². The van der Waals surface area contributed by atoms with Crippen molar-refractivity contribution in [3.05, 3.63) is 59.1 Å². The molecular weight excluding hydrogens is 450 g/mol. The molecule has 32 heavy (non-hydrogen) atoms. The average Bonchev–Trinajstić information content (AvgIpc) is 2.78. The molecule has 2 aromatic carbocycles. The maximum Gasteiger partial charge on any atom is 0.261 e. The van der Waals surface area contributed by atoms with Crippen LogP contribution in [-0.2, 0) is 14.8 Å². The Bertz CT molecular complexity index is 989. The Morgan fingerprint density at radius 2 is 1.69 bits per heavy atom. The van der Waals surface area contributed by atoms with Gasteiger partial charge in [0.05, 0.1) is 18.1 Å². The molecule has 1 amide bonds. The average molecular weight is 480 g/mol. The summed E-state index contributed by atoms with van der Waals surface area (Å²) in [6.07, 6.45) is 0.980. The molecule has 2 N–H and O–H groups in total. The van der Waals surface area contributed by atoms with Crippen LogP contribution in [0.4, 0.5) is 5.69 Å². The van der Waals surface area contributed by atoms with E-state index in [0.29, 0.717) is 41.9 Å². The number of hydrogen-bond acceptors (Lipinski definition) is 5. The van der Waals surface area contributed by atoms with Crippen molar-refractivity contribution in [3.63, 3.8) is 0 Å². The maximum absolute atomic E-state index is 12.7. The summed E-state index contributed by atoms with van der Waals surface area (Å²) in [7, 11) is -3.77. The Labute approximate surface area is 195 Å². The highest BCUT2D eigenvalue weighted by Gasteiger charge is 2.23. The summed E-state index contributed by atoms with van der Waals surface area (Å²) >= 11 is 5.84. The molecule has 0 spiro atoms. The SMILES string of the molecule is CC(C)C[C@@H](CNC(=O)c1ccc(S(=O)(=O)Nc2ccc(Cl)cc2)cc1)N1CCOCC1. The van der Waals surface area contributed by atoms with E-state index in [2.05, 4.69) is 28.8 Å². The van der Waals surface area contributed by atoms with Crippen LogP contribution < -0.4 is 10.0 Å². The third-order valence-corrected chi connectivity index (χ3v) is 6.98. The number of carbonyl (C=O) groups is 1. The number of amides is 1. The van der Waals surface area contributed by atoms with Crippen molar-refractivity contribution in [3.8, 4) is 0 Å². The molecule has 3 rings (SSSR count). The van der Waals surface area contributed by atoms with E-state index in [1.54, 1.807) is 24.3 Å². The standard InChI is InChI=1S/C23H30ClN3O4S/c1-17(2)15-21(27-11-13-31-14-12-27)16-25-23(28)18-3-9-22(10-4-18)32(29,30)26-20-7-5-19(24)6-8-20/h3-10,17,21,26H,11-16H2,1-2H3,(H,25,28)/t21-/m0/s1. The predicted molar refractivity (Wildman–Crippen MR) is 127 cm³/mol. The summed E-state index contributed by atoms with van der Waals surface area (Å²) < 4.78 is 33.1. The van der Waals surface area contributed by atoms with Crippen molar-refractivity contribution in [2.45, 2.75) is 31.2 Å². The summed E-state index contributed by atoms with van der Waals surface area (Å²) in [5.74, 6) is 0.291. The van der Waals surface area contributed by atoms with Crippen molar-refractivity contribution in [2.24, 2.45) is 5.92 Å². The molecule has 9 heteroatoms. The molecule has 1 heterocycles. The Morgan fingerprint density at radius 3 is 2.28 bits per heavy atom. The zero-order chi connectivity index (χ0) is 23.1. The minimum Gasteiger partial charge on any atom is -0.379 e. The van der Waals surface area contributed by atoms with E-state index in [1.807, 2.05) is 0 Å². The molecule has 0 bridgehead atoms. The van der Waals surface area contributed by atoms with E-state index in [9.17, 15) is 13.2 Å². The van der Waals surface area contributed by atoms with Gasteiger partial charge in [-0.1, -0.05) is 25.4 Å². The van der Waals surface area contributed by atoms with Gasteiger partial charge in [0.25, 0.3) is 15.9 Å². The summed E-state index contributed by atoms with van der Waals surface area (Å²) in [5, 5.41) is 3.53. The Balaban J connectivity index is 1.61. The highest BCUT2D eigenvalue weighted by atomic mass is 35.5. The van der Waals surface area contributed by atoms with Gasteiger partial charge in [0.1, 0.15) is 0 Å². The van der Waals surface area contributed by atoms with Gasteiger partial charge in [-0.25, -0.2) is 8.42 Å². The number of ether oxygens (including phenoxy) is 1. The third kappa shape index (κ3) is 6.93. The van der Waals surface area contributed by atoms with Crippen molar-refractivity contribution < 1.29 is 17.9 Å². The lowest BCUT2D eigenvalue weighted by Gasteiger charge is -2.35. The van der Waals surface area contributed by atoms with Gasteiger partial charge >= 0.3 is 0 Å². The van der Waals surface area contributed by atoms with Crippen LogP contribution in [-0.4, -0.2) is 58.1 Å². The van der Waals surface area contributed by atoms with E-state index < -0.39 is 10.0 Å². The van der Waals surface area contributed by atoms with Gasteiger partial charge < -0.3 is 10.1 Å². The van der Waals surface area contributed by atoms with E-state index in [4.69, 9.17) is 16.3 Å². The zero-order valence-electron chi connectivity index (χ0n) is 18.4. The molecule has 0 saturated carbocycles. The third-order valence-electron chi connectivity index (χ3n) is 5.33. The van der Waals surface area contributed by atoms with Crippen LogP contribution in [0.1, 0.15) is 30.6 Å². The lowest BCUT2D eigenvalue weighted by atomic mass is 10.0. The second kappa shape index (κ2) is 11.1. The quantitative estimate of drug-likeness (QED) is 0.573. The first-order valence-corrected chi connectivity index (χ1v) is 12.6. The van der Waals surface area contributed by atoms with Gasteiger partial charge in [0, 0.05) is 41.9 Å². The zero-order valence-corrected chi connectivity index (χ0v) is 20.0. The number of rotatable bonds is 9. The van der Waals surface area contributed by atoms with Gasteiger partial charge in [-0.3, -0.25) is 14.4 Å². The van der Waals surface area contributed by atoms with Crippen LogP contribution in [0.3, 0.4) is 0 Å². The molecule has 1 aliphatic rings. The number of morpholine rings is 1. The van der Waals surface area contributed by atoms with E-state index >= 15 is 0 Å². The number of carbonyl (C=O) groups excluding carboxylic acids is 1. The second-order valence-corrected chi connectivity index (χ2v) is 10.4. The summed E-state index contributed by atoms with van der Waals surface area (Å²) in [5.41, 5.74) is 0.830. The molecule has 1 fully saturated rings. The van der Waals surface area contributed by atoms with Crippen LogP contribution in [0.2, 0.25) is 5.02 Å². The molecule has 0 radical (unpaired) electrons. The number of hydrogen-bond donors (Lipinski definition) is 2. The summed E-state index contributed by atoms with van der Waals surface area (Å²) in [4.78, 5) is 15.1. The van der Waals surface area contributed by atoms with Gasteiger partial charge in [0.2, 0.25) is 0 Å². The molecular formula is C23H30ClN3O4S. The first-order valence-electron chi connectivity index (χ1n) is 10.7. The molecule has 1 aliphatic heterocycles. The van der Waals surface area contributed by atoms with Crippen LogP contribution >= 0.6 is 11.6 Å². The second-order valence-electron chi connectivity index (χ2n) is 8.28. The largest absolute Gasteiger partial charge is 0.379 e. The first-order chi connectivity index (χ1) is 15.2. The highest BCUT2D eigenvalue weighted by Crippen LogP contribution is 2.19. The van der Waals surface area contributed by atoms with Gasteiger partial charge in [-0.15, -0.1) is 0 Å². The fourth-order valence-electron chi connectivity index (χ4n) is 3.68. The normalized spacial score (nSPS) is 16.0. The van der Waals surface area contributed by atoms with Gasteiger partial charge in [0.15, 0.2) is 0 Å². The highest BCUT2D eigenvalue weighted by molar-refractivity contribution is 7.92.